The van der Waals surface area contributed by atoms with E-state index in [2.05, 4.69) is 18.0 Å². The van der Waals surface area contributed by atoms with Crippen LogP contribution >= 0.6 is 11.3 Å². The molecule has 35 heavy (non-hydrogen) atoms. The number of thiazole rings is 1. The molecule has 0 saturated heterocycles. The molecule has 2 N–H and O–H groups in total. The lowest BCUT2D eigenvalue weighted by Gasteiger charge is -2.36. The second kappa shape index (κ2) is 12.4. The minimum atomic E-state index is -1.15. The highest BCUT2D eigenvalue weighted by Gasteiger charge is 2.42. The van der Waals surface area contributed by atoms with Crippen molar-refractivity contribution in [1.82, 2.24) is 9.88 Å². The number of aliphatic hydroxyl groups is 2. The van der Waals surface area contributed by atoms with Gasteiger partial charge in [0.25, 0.3) is 0 Å². The summed E-state index contributed by atoms with van der Waals surface area (Å²) in [5.41, 5.74) is 1.99. The molecule has 1 aromatic rings. The predicted molar refractivity (Wildman–Crippen MR) is 143 cm³/mol. The van der Waals surface area contributed by atoms with Crippen LogP contribution < -0.4 is 0 Å². The van der Waals surface area contributed by atoms with E-state index >= 15 is 0 Å². The maximum atomic E-state index is 13.3. The van der Waals surface area contributed by atoms with Crippen molar-refractivity contribution in [2.75, 3.05) is 7.05 Å². The smallest absolute Gasteiger partial charge is 0.225 e. The second-order valence-electron chi connectivity index (χ2n) is 10.9. The molecule has 2 heterocycles. The Morgan fingerprint density at radius 2 is 1.89 bits per heavy atom. The molecule has 0 aromatic carbocycles. The number of likely N-dealkylation sites (N-methyl/N-ethyl adjacent to an activating group) is 1. The third-order valence-electron chi connectivity index (χ3n) is 7.66. The topological polar surface area (TPSA) is 90.7 Å². The zero-order chi connectivity index (χ0) is 26.5. The van der Waals surface area contributed by atoms with Crippen molar-refractivity contribution in [3.63, 3.8) is 0 Å². The highest BCUT2D eigenvalue weighted by molar-refractivity contribution is 7.09. The predicted octanol–water partition coefficient (Wildman–Crippen LogP) is 5.18. The number of hydrogen-bond donors (Lipinski definition) is 2. The average Bonchev–Trinajstić information content (AvgIpc) is 3.20. The van der Waals surface area contributed by atoms with Gasteiger partial charge < -0.3 is 15.1 Å². The number of aliphatic hydroxyl groups excluding tert-OH is 2. The molecule has 7 heteroatoms. The van der Waals surface area contributed by atoms with Gasteiger partial charge in [0, 0.05) is 18.3 Å². The largest absolute Gasteiger partial charge is 0.392 e. The van der Waals surface area contributed by atoms with Gasteiger partial charge in [-0.15, -0.1) is 11.3 Å². The summed E-state index contributed by atoms with van der Waals surface area (Å²) in [5, 5.41) is 24.8. The Kier molecular flexibility index (Phi) is 10.4. The lowest BCUT2D eigenvalue weighted by molar-refractivity contribution is -0.145. The quantitative estimate of drug-likeness (QED) is 0.542. The van der Waals surface area contributed by atoms with Crippen molar-refractivity contribution in [2.24, 2.45) is 17.3 Å². The van der Waals surface area contributed by atoms with Crippen LogP contribution in [0.25, 0.3) is 6.08 Å². The van der Waals surface area contributed by atoms with Gasteiger partial charge >= 0.3 is 0 Å². The van der Waals surface area contributed by atoms with Crippen molar-refractivity contribution < 1.29 is 19.8 Å². The fourth-order valence-electron chi connectivity index (χ4n) is 4.85. The van der Waals surface area contributed by atoms with E-state index in [0.29, 0.717) is 6.42 Å². The number of carbonyl (C=O) groups excluding carboxylic acids is 2. The van der Waals surface area contributed by atoms with Crippen LogP contribution in [0.4, 0.5) is 0 Å². The Hall–Kier alpha value is -1.83. The van der Waals surface area contributed by atoms with E-state index in [-0.39, 0.29) is 30.1 Å². The van der Waals surface area contributed by atoms with E-state index in [1.807, 2.05) is 32.2 Å². The number of amides is 1. The first-order valence-electron chi connectivity index (χ1n) is 12.7. The number of allylic oxidation sites excluding steroid dienone is 1. The van der Waals surface area contributed by atoms with E-state index in [4.69, 9.17) is 0 Å². The zero-order valence-corrected chi connectivity index (χ0v) is 23.5. The van der Waals surface area contributed by atoms with Gasteiger partial charge in [-0.3, -0.25) is 9.59 Å². The standard InChI is InChI=1S/C28H44N2O4S/c1-17-10-9-11-18(2)26(33)20(4)27(34)28(6,7)24(31)15-25(32)30(8)23(13-12-17)19(3)14-22-16-35-21(5)29-22/h12,14,16,18,20,23-24,26,31,33H,9-11,13,15H2,1-8H3/b17-12-,19-14+/t18-,20+,23?,24-,26-/m0/s1. The summed E-state index contributed by atoms with van der Waals surface area (Å²) in [7, 11) is 1.76. The Morgan fingerprint density at radius 3 is 2.49 bits per heavy atom. The fraction of sp³-hybridized carbons (Fsp3) is 0.679. The van der Waals surface area contributed by atoms with Crippen LogP contribution in [0.3, 0.4) is 0 Å². The normalized spacial score (nSPS) is 31.8. The summed E-state index contributed by atoms with van der Waals surface area (Å²) in [4.78, 5) is 32.8. The number of ketones is 1. The van der Waals surface area contributed by atoms with Gasteiger partial charge in [-0.25, -0.2) is 4.98 Å². The van der Waals surface area contributed by atoms with Gasteiger partial charge in [-0.2, -0.15) is 0 Å². The van der Waals surface area contributed by atoms with Crippen LogP contribution in [0, 0.1) is 24.2 Å². The van der Waals surface area contributed by atoms with Crippen LogP contribution in [0.5, 0.6) is 0 Å². The van der Waals surface area contributed by atoms with Crippen molar-refractivity contribution in [3.8, 4) is 0 Å². The molecule has 0 radical (unpaired) electrons. The molecule has 5 atom stereocenters. The average molecular weight is 505 g/mol. The number of nitrogens with zero attached hydrogens (tertiary/aromatic N) is 2. The second-order valence-corrected chi connectivity index (χ2v) is 12.0. The van der Waals surface area contributed by atoms with Crippen LogP contribution in [0.15, 0.2) is 22.6 Å². The van der Waals surface area contributed by atoms with Gasteiger partial charge in [-0.05, 0) is 64.0 Å². The molecule has 1 amide bonds. The summed E-state index contributed by atoms with van der Waals surface area (Å²) < 4.78 is 0. The van der Waals surface area contributed by atoms with Crippen LogP contribution in [-0.2, 0) is 9.59 Å². The van der Waals surface area contributed by atoms with Crippen LogP contribution in [-0.4, -0.2) is 57.1 Å². The SMILES string of the molecule is C/C1=C/CC(/C(C)=C/c2csc(C)n2)N(C)C(=O)C[C@H](O)C(C)(C)C(=O)[C@H](C)[C@@H](O)[C@@H](C)CCC1. The van der Waals surface area contributed by atoms with Gasteiger partial charge in [0.05, 0.1) is 40.8 Å². The number of aromatic nitrogens is 1. The highest BCUT2D eigenvalue weighted by atomic mass is 32.1. The summed E-state index contributed by atoms with van der Waals surface area (Å²) in [6, 6.07) is -0.182. The minimum Gasteiger partial charge on any atom is -0.392 e. The molecule has 196 valence electrons. The molecule has 1 aliphatic heterocycles. The summed E-state index contributed by atoms with van der Waals surface area (Å²) in [6.45, 7) is 13.1. The number of aryl methyl sites for hydroxylation is 1. The number of rotatable bonds is 2. The maximum absolute atomic E-state index is 13.3. The third kappa shape index (κ3) is 7.58. The van der Waals surface area contributed by atoms with E-state index in [1.54, 1.807) is 44.1 Å². The molecule has 2 rings (SSSR count). The summed E-state index contributed by atoms with van der Waals surface area (Å²) >= 11 is 1.59. The first kappa shape index (κ1) is 29.4. The molecule has 1 aliphatic rings. The van der Waals surface area contributed by atoms with Gasteiger partial charge in [0.15, 0.2) is 0 Å². The molecule has 0 spiro atoms. The number of carbonyl (C=O) groups is 2. The van der Waals surface area contributed by atoms with Crippen molar-refractivity contribution in [2.45, 2.75) is 98.8 Å². The van der Waals surface area contributed by atoms with Crippen molar-refractivity contribution in [1.29, 1.82) is 0 Å². The summed E-state index contributed by atoms with van der Waals surface area (Å²) in [5.74, 6) is -1.08. The summed E-state index contributed by atoms with van der Waals surface area (Å²) in [6.07, 6.45) is 5.43. The molecule has 0 aliphatic carbocycles. The van der Waals surface area contributed by atoms with Crippen molar-refractivity contribution in [3.05, 3.63) is 33.3 Å². The number of Topliss-reactive ketones (excluding diaryl/α,β-unsaturated/α-hetero) is 1. The molecule has 1 aromatic heterocycles. The molecule has 1 unspecified atom stereocenters. The van der Waals surface area contributed by atoms with Crippen LogP contribution in [0.1, 0.15) is 84.3 Å². The molecule has 0 saturated carbocycles. The molecule has 0 fully saturated rings. The first-order chi connectivity index (χ1) is 16.2. The lowest BCUT2D eigenvalue weighted by Crippen LogP contribution is -2.47. The number of hydrogen-bond acceptors (Lipinski definition) is 6. The fourth-order valence-corrected chi connectivity index (χ4v) is 5.42. The van der Waals surface area contributed by atoms with Gasteiger partial charge in [0.2, 0.25) is 5.91 Å². The third-order valence-corrected chi connectivity index (χ3v) is 8.46. The van der Waals surface area contributed by atoms with Gasteiger partial charge in [0.1, 0.15) is 5.78 Å². The van der Waals surface area contributed by atoms with Crippen LogP contribution in [0.2, 0.25) is 0 Å². The minimum absolute atomic E-state index is 0.0325. The monoisotopic (exact) mass is 504 g/mol. The zero-order valence-electron chi connectivity index (χ0n) is 22.7. The first-order valence-corrected chi connectivity index (χ1v) is 13.6. The highest BCUT2D eigenvalue weighted by Crippen LogP contribution is 2.32. The van der Waals surface area contributed by atoms with E-state index in [0.717, 1.165) is 35.5 Å². The molecular weight excluding hydrogens is 460 g/mol. The Balaban J connectivity index is 2.41. The van der Waals surface area contributed by atoms with Gasteiger partial charge in [-0.1, -0.05) is 39.3 Å². The van der Waals surface area contributed by atoms with E-state index in [1.165, 1.54) is 5.57 Å². The Bertz CT molecular complexity index is 949. The molecule has 6 nitrogen and oxygen atoms in total. The Morgan fingerprint density at radius 1 is 1.23 bits per heavy atom. The van der Waals surface area contributed by atoms with Crippen molar-refractivity contribution >= 4 is 29.1 Å². The Labute approximate surface area is 215 Å². The molecule has 0 bridgehead atoms. The van der Waals surface area contributed by atoms with E-state index < -0.39 is 23.5 Å². The maximum Gasteiger partial charge on any atom is 0.225 e. The van der Waals surface area contributed by atoms with E-state index in [9.17, 15) is 19.8 Å². The molecular formula is C28H44N2O4S. The lowest BCUT2D eigenvalue weighted by atomic mass is 9.73.